The van der Waals surface area contributed by atoms with E-state index < -0.39 is 0 Å². The summed E-state index contributed by atoms with van der Waals surface area (Å²) < 4.78 is 11.4. The lowest BCUT2D eigenvalue weighted by molar-refractivity contribution is -0.0266. The van der Waals surface area contributed by atoms with E-state index in [9.17, 15) is 4.79 Å². The van der Waals surface area contributed by atoms with Crippen LogP contribution in [-0.2, 0) is 11.2 Å². The van der Waals surface area contributed by atoms with E-state index in [0.29, 0.717) is 19.7 Å². The second-order valence-electron chi connectivity index (χ2n) is 5.94. The number of nitrogens with zero attached hydrogens (tertiary/aromatic N) is 2. The zero-order chi connectivity index (χ0) is 17.1. The number of hydrogen-bond donors (Lipinski definition) is 1. The van der Waals surface area contributed by atoms with Crippen molar-refractivity contribution < 1.29 is 13.9 Å². The number of aryl methyl sites for hydroxylation is 2. The molecule has 0 saturated carbocycles. The SMILES string of the molecule is CCc1cnc([C@H](C)NC(=O)N2CCO[C@H](c3ccc(C)o3)C2)s1. The van der Waals surface area contributed by atoms with Gasteiger partial charge in [-0.2, -0.15) is 0 Å². The quantitative estimate of drug-likeness (QED) is 0.918. The summed E-state index contributed by atoms with van der Waals surface area (Å²) in [5.74, 6) is 1.62. The molecule has 2 atom stereocenters. The molecule has 1 fully saturated rings. The van der Waals surface area contributed by atoms with Gasteiger partial charge in [-0.25, -0.2) is 9.78 Å². The van der Waals surface area contributed by atoms with Crippen LogP contribution in [0.4, 0.5) is 4.79 Å². The molecule has 3 heterocycles. The van der Waals surface area contributed by atoms with Crippen LogP contribution in [0.25, 0.3) is 0 Å². The molecule has 1 saturated heterocycles. The molecule has 130 valence electrons. The third kappa shape index (κ3) is 3.79. The fourth-order valence-electron chi connectivity index (χ4n) is 2.66. The smallest absolute Gasteiger partial charge is 0.318 e. The summed E-state index contributed by atoms with van der Waals surface area (Å²) in [7, 11) is 0. The molecule has 7 heteroatoms. The van der Waals surface area contributed by atoms with Crippen LogP contribution >= 0.6 is 11.3 Å². The second kappa shape index (κ2) is 7.36. The largest absolute Gasteiger partial charge is 0.464 e. The first-order valence-electron chi connectivity index (χ1n) is 8.24. The number of aromatic nitrogens is 1. The zero-order valence-electron chi connectivity index (χ0n) is 14.2. The Hall–Kier alpha value is -1.86. The van der Waals surface area contributed by atoms with Crippen molar-refractivity contribution in [1.29, 1.82) is 0 Å². The van der Waals surface area contributed by atoms with Crippen molar-refractivity contribution in [2.75, 3.05) is 19.7 Å². The Labute approximate surface area is 145 Å². The van der Waals surface area contributed by atoms with Crippen molar-refractivity contribution in [3.63, 3.8) is 0 Å². The minimum Gasteiger partial charge on any atom is -0.464 e. The number of carbonyl (C=O) groups excluding carboxylic acids is 1. The number of furan rings is 1. The number of nitrogens with one attached hydrogen (secondary N) is 1. The highest BCUT2D eigenvalue weighted by Crippen LogP contribution is 2.25. The Morgan fingerprint density at radius 1 is 1.54 bits per heavy atom. The standard InChI is InChI=1S/C17H23N3O3S/c1-4-13-9-18-16(24-13)12(3)19-17(21)20-7-8-22-15(10-20)14-6-5-11(2)23-14/h5-6,9,12,15H,4,7-8,10H2,1-3H3,(H,19,21)/t12-,15-/m0/s1. The fraction of sp³-hybridized carbons (Fsp3) is 0.529. The predicted octanol–water partition coefficient (Wildman–Crippen LogP) is 3.45. The number of rotatable bonds is 4. The Balaban J connectivity index is 1.59. The first-order chi connectivity index (χ1) is 11.6. The molecule has 1 aliphatic rings. The summed E-state index contributed by atoms with van der Waals surface area (Å²) in [6.45, 7) is 7.53. The van der Waals surface area contributed by atoms with Crippen LogP contribution in [0, 0.1) is 6.92 Å². The first-order valence-corrected chi connectivity index (χ1v) is 9.06. The topological polar surface area (TPSA) is 67.6 Å². The number of thiazole rings is 1. The third-order valence-corrected chi connectivity index (χ3v) is 5.39. The Kier molecular flexibility index (Phi) is 5.20. The molecular weight excluding hydrogens is 326 g/mol. The molecule has 0 aliphatic carbocycles. The molecule has 0 spiro atoms. The lowest BCUT2D eigenvalue weighted by Gasteiger charge is -2.32. The normalized spacial score (nSPS) is 19.3. The number of carbonyl (C=O) groups is 1. The highest BCUT2D eigenvalue weighted by molar-refractivity contribution is 7.11. The number of amides is 2. The van der Waals surface area contributed by atoms with Gasteiger partial charge < -0.3 is 19.4 Å². The van der Waals surface area contributed by atoms with Crippen molar-refractivity contribution >= 4 is 17.4 Å². The minimum absolute atomic E-state index is 0.0904. The molecule has 1 N–H and O–H groups in total. The highest BCUT2D eigenvalue weighted by atomic mass is 32.1. The van der Waals surface area contributed by atoms with E-state index in [1.54, 1.807) is 16.2 Å². The van der Waals surface area contributed by atoms with Gasteiger partial charge in [0, 0.05) is 17.6 Å². The molecule has 0 bridgehead atoms. The Morgan fingerprint density at radius 3 is 3.04 bits per heavy atom. The molecule has 0 unspecified atom stereocenters. The predicted molar refractivity (Wildman–Crippen MR) is 92.1 cm³/mol. The highest BCUT2D eigenvalue weighted by Gasteiger charge is 2.28. The number of hydrogen-bond acceptors (Lipinski definition) is 5. The molecule has 6 nitrogen and oxygen atoms in total. The van der Waals surface area contributed by atoms with Gasteiger partial charge in [0.15, 0.2) is 0 Å². The van der Waals surface area contributed by atoms with Gasteiger partial charge in [-0.1, -0.05) is 6.92 Å². The van der Waals surface area contributed by atoms with Crippen molar-refractivity contribution in [3.05, 3.63) is 39.7 Å². The van der Waals surface area contributed by atoms with E-state index in [4.69, 9.17) is 9.15 Å². The summed E-state index contributed by atoms with van der Waals surface area (Å²) in [4.78, 5) is 19.9. The molecule has 2 amide bonds. The molecule has 0 radical (unpaired) electrons. The van der Waals surface area contributed by atoms with Gasteiger partial charge in [0.1, 0.15) is 22.6 Å². The van der Waals surface area contributed by atoms with Crippen molar-refractivity contribution in [2.24, 2.45) is 0 Å². The van der Waals surface area contributed by atoms with Gasteiger partial charge >= 0.3 is 6.03 Å². The lowest BCUT2D eigenvalue weighted by atomic mass is 10.2. The number of urea groups is 1. The van der Waals surface area contributed by atoms with Crippen LogP contribution < -0.4 is 5.32 Å². The molecule has 3 rings (SSSR count). The maximum Gasteiger partial charge on any atom is 0.318 e. The lowest BCUT2D eigenvalue weighted by Crippen LogP contribution is -2.47. The van der Waals surface area contributed by atoms with Gasteiger partial charge in [-0.15, -0.1) is 11.3 Å². The van der Waals surface area contributed by atoms with Crippen LogP contribution in [0.15, 0.2) is 22.7 Å². The summed E-state index contributed by atoms with van der Waals surface area (Å²) in [6.07, 6.45) is 2.64. The van der Waals surface area contributed by atoms with Crippen LogP contribution in [0.2, 0.25) is 0 Å². The zero-order valence-corrected chi connectivity index (χ0v) is 15.1. The minimum atomic E-state index is -0.208. The van der Waals surface area contributed by atoms with E-state index in [-0.39, 0.29) is 18.2 Å². The molecule has 24 heavy (non-hydrogen) atoms. The van der Waals surface area contributed by atoms with Crippen LogP contribution in [0.3, 0.4) is 0 Å². The van der Waals surface area contributed by atoms with Gasteiger partial charge in [-0.3, -0.25) is 0 Å². The van der Waals surface area contributed by atoms with Gasteiger partial charge in [0.2, 0.25) is 0 Å². The second-order valence-corrected chi connectivity index (χ2v) is 7.09. The van der Waals surface area contributed by atoms with Crippen LogP contribution in [0.5, 0.6) is 0 Å². The van der Waals surface area contributed by atoms with Crippen molar-refractivity contribution in [2.45, 2.75) is 39.3 Å². The Bertz CT molecular complexity index is 697. The third-order valence-electron chi connectivity index (χ3n) is 4.06. The average molecular weight is 349 g/mol. The summed E-state index contributed by atoms with van der Waals surface area (Å²) in [5, 5.41) is 3.97. The monoisotopic (exact) mass is 349 g/mol. The maximum atomic E-state index is 12.5. The molecule has 0 aromatic carbocycles. The fourth-order valence-corrected chi connectivity index (χ4v) is 3.52. The van der Waals surface area contributed by atoms with Gasteiger partial charge in [-0.05, 0) is 32.4 Å². The molecule has 2 aromatic heterocycles. The molecule has 1 aliphatic heterocycles. The first kappa shape index (κ1) is 17.0. The number of ether oxygens (including phenoxy) is 1. The Morgan fingerprint density at radius 2 is 2.38 bits per heavy atom. The van der Waals surface area contributed by atoms with Gasteiger partial charge in [0.05, 0.1) is 19.2 Å². The molecule has 2 aromatic rings. The van der Waals surface area contributed by atoms with Crippen LogP contribution in [-0.4, -0.2) is 35.6 Å². The van der Waals surface area contributed by atoms with E-state index in [1.807, 2.05) is 32.2 Å². The van der Waals surface area contributed by atoms with E-state index in [1.165, 1.54) is 4.88 Å². The summed E-state index contributed by atoms with van der Waals surface area (Å²) in [5.41, 5.74) is 0. The molecular formula is C17H23N3O3S. The van der Waals surface area contributed by atoms with Crippen molar-refractivity contribution in [3.8, 4) is 0 Å². The van der Waals surface area contributed by atoms with Crippen LogP contribution in [0.1, 0.15) is 47.4 Å². The summed E-state index contributed by atoms with van der Waals surface area (Å²) in [6, 6.07) is 3.63. The van der Waals surface area contributed by atoms with E-state index >= 15 is 0 Å². The number of morpholine rings is 1. The summed E-state index contributed by atoms with van der Waals surface area (Å²) >= 11 is 1.65. The maximum absolute atomic E-state index is 12.5. The average Bonchev–Trinajstić information content (AvgIpc) is 3.23. The van der Waals surface area contributed by atoms with Gasteiger partial charge in [0.25, 0.3) is 0 Å². The van der Waals surface area contributed by atoms with Crippen molar-refractivity contribution in [1.82, 2.24) is 15.2 Å². The van der Waals surface area contributed by atoms with E-state index in [0.717, 1.165) is 22.9 Å². The van der Waals surface area contributed by atoms with E-state index in [2.05, 4.69) is 17.2 Å².